The van der Waals surface area contributed by atoms with Crippen molar-refractivity contribution in [1.82, 2.24) is 5.32 Å². The molecule has 0 aromatic heterocycles. The number of amides is 2. The molecule has 1 aliphatic carbocycles. The number of hydrogen-bond donors (Lipinski definition) is 2. The fourth-order valence-corrected chi connectivity index (χ4v) is 7.79. The van der Waals surface area contributed by atoms with E-state index < -0.39 is 24.1 Å². The molecule has 16 nitrogen and oxygen atoms in total. The van der Waals surface area contributed by atoms with E-state index >= 15 is 0 Å². The summed E-state index contributed by atoms with van der Waals surface area (Å²) >= 11 is 0. The lowest BCUT2D eigenvalue weighted by atomic mass is 9.61. The largest absolute Gasteiger partial charge is 0.433 e. The molecule has 0 bridgehead atoms. The molecule has 1 saturated carbocycles. The van der Waals surface area contributed by atoms with Gasteiger partial charge in [-0.2, -0.15) is 4.99 Å². The Morgan fingerprint density at radius 2 is 1.39 bits per heavy atom. The number of aliphatic imine (C=N–C) groups is 1. The van der Waals surface area contributed by atoms with Gasteiger partial charge in [-0.25, -0.2) is 19.2 Å². The molecule has 0 saturated heterocycles. The van der Waals surface area contributed by atoms with Crippen LogP contribution in [-0.4, -0.2) is 47.7 Å². The van der Waals surface area contributed by atoms with Crippen LogP contribution < -0.4 is 24.8 Å². The maximum absolute atomic E-state index is 12.9. The minimum atomic E-state index is -0.738. The van der Waals surface area contributed by atoms with Gasteiger partial charge in [0.1, 0.15) is 17.2 Å². The number of nitrogens with zero attached hydrogens (tertiary/aromatic N) is 4. The molecule has 1 aliphatic rings. The first-order valence-electron chi connectivity index (χ1n) is 20.4. The first-order chi connectivity index (χ1) is 30.4. The smallest absolute Gasteiger partial charge is 0.426 e. The number of carbonyl (C=O) groups excluding carboxylic acids is 5. The van der Waals surface area contributed by atoms with Crippen LogP contribution in [0.4, 0.5) is 21.0 Å². The topological polar surface area (TPSA) is 216 Å². The number of aryl methyl sites for hydroxylation is 2. The fourth-order valence-electron chi connectivity index (χ4n) is 7.79. The zero-order valence-corrected chi connectivity index (χ0v) is 36.8. The highest BCUT2D eigenvalue weighted by Gasteiger charge is 2.42. The average molecular weight is 871 g/mol. The number of anilines is 1. The van der Waals surface area contributed by atoms with Crippen LogP contribution in [0.1, 0.15) is 94.5 Å². The summed E-state index contributed by atoms with van der Waals surface area (Å²) in [6.07, 6.45) is 4.41. The van der Waals surface area contributed by atoms with Crippen LogP contribution in [0.2, 0.25) is 0 Å². The van der Waals surface area contributed by atoms with E-state index in [2.05, 4.69) is 46.7 Å². The van der Waals surface area contributed by atoms with Gasteiger partial charge in [0.15, 0.2) is 0 Å². The second kappa shape index (κ2) is 21.4. The number of rotatable bonds is 15. The zero-order valence-electron chi connectivity index (χ0n) is 36.8. The van der Waals surface area contributed by atoms with E-state index in [1.807, 2.05) is 0 Å². The van der Waals surface area contributed by atoms with Crippen LogP contribution in [0.25, 0.3) is 0 Å². The van der Waals surface area contributed by atoms with Gasteiger partial charge in [-0.1, -0.05) is 49.3 Å². The molecule has 2 amide bonds. The first kappa shape index (κ1) is 47.4. The lowest BCUT2D eigenvalue weighted by Crippen LogP contribution is -2.47. The second-order valence-corrected chi connectivity index (χ2v) is 16.8. The van der Waals surface area contributed by atoms with Crippen molar-refractivity contribution in [3.63, 3.8) is 0 Å². The number of esters is 1. The molecule has 4 aromatic rings. The predicted molar refractivity (Wildman–Crippen MR) is 237 cm³/mol. The van der Waals surface area contributed by atoms with E-state index in [1.54, 1.807) is 113 Å². The summed E-state index contributed by atoms with van der Waals surface area (Å²) in [6, 6.07) is 22.9. The van der Waals surface area contributed by atoms with Gasteiger partial charge in [0.2, 0.25) is 6.08 Å². The predicted octanol–water partition coefficient (Wildman–Crippen LogP) is 9.67. The summed E-state index contributed by atoms with van der Waals surface area (Å²) in [6.45, 7) is 13.3. The van der Waals surface area contributed by atoms with Crippen LogP contribution in [0.5, 0.6) is 17.2 Å². The third kappa shape index (κ3) is 14.2. The summed E-state index contributed by atoms with van der Waals surface area (Å²) in [5, 5.41) is 22.4. The quantitative estimate of drug-likeness (QED) is 0.0218. The van der Waals surface area contributed by atoms with E-state index in [4.69, 9.17) is 29.1 Å². The van der Waals surface area contributed by atoms with Crippen molar-refractivity contribution in [1.29, 1.82) is 5.26 Å². The Morgan fingerprint density at radius 3 is 2.03 bits per heavy atom. The van der Waals surface area contributed by atoms with Gasteiger partial charge in [0.05, 0.1) is 23.5 Å². The van der Waals surface area contributed by atoms with E-state index in [-0.39, 0.29) is 35.5 Å². The SMILES string of the molecule is C/C(=N\OC(=O)CCC1(C)CC(NC(=O)O/N=C(\C)c2ccc(OC(=O)Cc3ccc(C)c(OC#N)c3)cc2)CC(C)(C)C1)c1ccc(OC(=O)Nc2ccc(C)c(N=C=O)c2)cc1. The van der Waals surface area contributed by atoms with E-state index in [1.165, 1.54) is 12.1 Å². The van der Waals surface area contributed by atoms with Crippen molar-refractivity contribution in [2.75, 3.05) is 5.32 Å². The van der Waals surface area contributed by atoms with Crippen LogP contribution in [0.15, 0.2) is 100 Å². The van der Waals surface area contributed by atoms with Crippen molar-refractivity contribution in [2.24, 2.45) is 26.1 Å². The Morgan fingerprint density at radius 1 is 0.766 bits per heavy atom. The van der Waals surface area contributed by atoms with Crippen molar-refractivity contribution in [3.05, 3.63) is 113 Å². The molecule has 0 aliphatic heterocycles. The van der Waals surface area contributed by atoms with Crippen molar-refractivity contribution in [3.8, 4) is 23.5 Å². The summed E-state index contributed by atoms with van der Waals surface area (Å²) in [5.74, 6) is -0.0233. The standard InChI is InChI=1S/C48H50N6O10/c1-30-9-15-37(24-41(30)50-29-55)51-45(58)62-40-18-13-35(14-19-40)32(3)53-63-43(56)20-21-48(7)26-38(25-47(5,6)27-48)52-46(59)64-54-33(4)36-11-16-39(17-12-36)61-44(57)23-34-10-8-31(2)42(22-34)60-28-49/h8-19,22,24,38H,20-21,23,25-27H2,1-7H3,(H,51,58)(H,52,59)/b53-32+,54-33+. The lowest BCUT2D eigenvalue weighted by Gasteiger charge is -2.46. The van der Waals surface area contributed by atoms with Gasteiger partial charge in [0, 0.05) is 18.2 Å². The lowest BCUT2D eigenvalue weighted by molar-refractivity contribution is -0.144. The van der Waals surface area contributed by atoms with Crippen molar-refractivity contribution < 1.29 is 47.9 Å². The summed E-state index contributed by atoms with van der Waals surface area (Å²) in [4.78, 5) is 75.6. The number of oxime groups is 2. The third-order valence-electron chi connectivity index (χ3n) is 10.6. The molecule has 5 rings (SSSR count). The van der Waals surface area contributed by atoms with E-state index in [9.17, 15) is 24.0 Å². The summed E-state index contributed by atoms with van der Waals surface area (Å²) in [5.41, 5.74) is 4.65. The highest BCUT2D eigenvalue weighted by Crippen LogP contribution is 2.48. The highest BCUT2D eigenvalue weighted by atomic mass is 16.7. The van der Waals surface area contributed by atoms with Crippen molar-refractivity contribution >= 4 is 53.0 Å². The third-order valence-corrected chi connectivity index (χ3v) is 10.6. The Kier molecular flexibility index (Phi) is 15.9. The van der Waals surface area contributed by atoms with Gasteiger partial charge in [-0.05, 0) is 159 Å². The number of hydrogen-bond acceptors (Lipinski definition) is 14. The minimum Gasteiger partial charge on any atom is -0.426 e. The maximum Gasteiger partial charge on any atom is 0.433 e. The summed E-state index contributed by atoms with van der Waals surface area (Å²) in [7, 11) is 0. The van der Waals surface area contributed by atoms with Gasteiger partial charge in [-0.3, -0.25) is 14.9 Å². The van der Waals surface area contributed by atoms with Crippen LogP contribution in [0, 0.1) is 36.2 Å². The number of nitriles is 1. The Balaban J connectivity index is 1.06. The minimum absolute atomic E-state index is 0.0196. The average Bonchev–Trinajstić information content (AvgIpc) is 3.23. The summed E-state index contributed by atoms with van der Waals surface area (Å²) < 4.78 is 15.8. The molecule has 16 heteroatoms. The molecule has 0 spiro atoms. The van der Waals surface area contributed by atoms with E-state index in [0.717, 1.165) is 17.5 Å². The molecule has 2 atom stereocenters. The Bertz CT molecular complexity index is 2520. The number of ether oxygens (including phenoxy) is 3. The fraction of sp³-hybridized carbons (Fsp3) is 0.333. The second-order valence-electron chi connectivity index (χ2n) is 16.8. The molecule has 64 heavy (non-hydrogen) atoms. The van der Waals surface area contributed by atoms with Gasteiger partial charge in [0.25, 0.3) is 6.26 Å². The molecule has 0 radical (unpaired) electrons. The number of benzene rings is 4. The number of carbonyl (C=O) groups is 4. The van der Waals surface area contributed by atoms with Crippen LogP contribution >= 0.6 is 0 Å². The first-order valence-corrected chi connectivity index (χ1v) is 20.4. The van der Waals surface area contributed by atoms with Crippen molar-refractivity contribution in [2.45, 2.75) is 93.0 Å². The molecule has 1 fully saturated rings. The maximum atomic E-state index is 12.9. The molecule has 2 N–H and O–H groups in total. The normalized spacial score (nSPS) is 16.8. The zero-order chi connectivity index (χ0) is 46.4. The van der Waals surface area contributed by atoms with Gasteiger partial charge < -0.3 is 24.4 Å². The molecule has 4 aromatic carbocycles. The number of isocyanates is 1. The van der Waals surface area contributed by atoms with Crippen LogP contribution in [0.3, 0.4) is 0 Å². The molecule has 0 heterocycles. The highest BCUT2D eigenvalue weighted by molar-refractivity contribution is 5.99. The monoisotopic (exact) mass is 870 g/mol. The molecule has 332 valence electrons. The Labute approximate surface area is 371 Å². The van der Waals surface area contributed by atoms with Crippen LogP contribution in [-0.2, 0) is 30.5 Å². The number of nitrogens with one attached hydrogen (secondary N) is 2. The molecular weight excluding hydrogens is 821 g/mol. The van der Waals surface area contributed by atoms with Gasteiger partial charge >= 0.3 is 24.1 Å². The van der Waals surface area contributed by atoms with E-state index in [0.29, 0.717) is 70.2 Å². The Hall–Kier alpha value is -7.63. The molecular formula is C48H50N6O10. The molecule has 2 unspecified atom stereocenters. The van der Waals surface area contributed by atoms with Gasteiger partial charge in [-0.15, -0.1) is 5.26 Å².